The highest BCUT2D eigenvalue weighted by atomic mass is 16.4. The molecule has 5 nitrogen and oxygen atoms in total. The molecule has 0 atom stereocenters. The number of carbonyl (C=O) groups is 1. The minimum absolute atomic E-state index is 0.126. The fourth-order valence-electron chi connectivity index (χ4n) is 1.67. The Hall–Kier alpha value is -2.65. The molecule has 0 fully saturated rings. The maximum absolute atomic E-state index is 11.0. The van der Waals surface area contributed by atoms with Crippen LogP contribution in [0.5, 0.6) is 0 Å². The van der Waals surface area contributed by atoms with Gasteiger partial charge >= 0.3 is 5.97 Å². The molecule has 0 unspecified atom stereocenters. The number of aromatic carboxylic acids is 1. The second kappa shape index (κ2) is 3.43. The van der Waals surface area contributed by atoms with Crippen molar-refractivity contribution in [2.24, 2.45) is 0 Å². The van der Waals surface area contributed by atoms with Crippen LogP contribution in [0.4, 0.5) is 0 Å². The van der Waals surface area contributed by atoms with Crippen molar-refractivity contribution < 1.29 is 9.90 Å². The Bertz CT molecular complexity index is 718. The van der Waals surface area contributed by atoms with E-state index in [0.29, 0.717) is 16.9 Å². The number of fused-ring (bicyclic) bond motifs is 1. The van der Waals surface area contributed by atoms with Crippen LogP contribution < -0.4 is 0 Å². The van der Waals surface area contributed by atoms with E-state index in [-0.39, 0.29) is 5.56 Å². The molecule has 3 rings (SSSR count). The Morgan fingerprint density at radius 3 is 3.06 bits per heavy atom. The van der Waals surface area contributed by atoms with Gasteiger partial charge in [-0.1, -0.05) is 6.08 Å². The first-order valence-corrected chi connectivity index (χ1v) is 4.97. The number of hydrogen-bond acceptors (Lipinski definition) is 3. The third kappa shape index (κ3) is 1.46. The summed E-state index contributed by atoms with van der Waals surface area (Å²) in [6.45, 7) is 0. The molecule has 0 radical (unpaired) electrons. The summed E-state index contributed by atoms with van der Waals surface area (Å²) < 4.78 is 0. The number of aromatic amines is 1. The van der Waals surface area contributed by atoms with Gasteiger partial charge in [0, 0.05) is 11.8 Å². The van der Waals surface area contributed by atoms with Crippen molar-refractivity contribution in [1.29, 1.82) is 0 Å². The minimum Gasteiger partial charge on any atom is -0.478 e. The molecule has 1 aliphatic rings. The Balaban J connectivity index is 2.24. The van der Waals surface area contributed by atoms with Crippen LogP contribution in [0.25, 0.3) is 16.7 Å². The molecule has 82 valence electrons. The van der Waals surface area contributed by atoms with Crippen LogP contribution in [0.2, 0.25) is 0 Å². The average Bonchev–Trinajstić information content (AvgIpc) is 2.97. The van der Waals surface area contributed by atoms with Gasteiger partial charge in [0.05, 0.1) is 11.9 Å². The number of H-pyrrole nitrogens is 1. The molecule has 0 aliphatic heterocycles. The van der Waals surface area contributed by atoms with Gasteiger partial charge in [-0.05, 0) is 12.2 Å². The molecule has 0 bridgehead atoms. The van der Waals surface area contributed by atoms with Gasteiger partial charge in [0.25, 0.3) is 0 Å². The molecule has 2 N–H and O–H groups in total. The van der Waals surface area contributed by atoms with Gasteiger partial charge in [-0.3, -0.25) is 0 Å². The van der Waals surface area contributed by atoms with Crippen molar-refractivity contribution in [3.05, 3.63) is 47.6 Å². The molecule has 5 heteroatoms. The normalized spacial score (nSPS) is 13.3. The SMILES string of the molecule is O=C(O)c1c[nH]c2ncc(C3=C=CC=C3)nc12. The Morgan fingerprint density at radius 1 is 1.47 bits per heavy atom. The summed E-state index contributed by atoms with van der Waals surface area (Å²) in [7, 11) is 0. The van der Waals surface area contributed by atoms with Crippen LogP contribution in [0.3, 0.4) is 0 Å². The number of hydrogen-bond donors (Lipinski definition) is 2. The first-order chi connectivity index (χ1) is 8.25. The van der Waals surface area contributed by atoms with Gasteiger partial charge < -0.3 is 10.1 Å². The summed E-state index contributed by atoms with van der Waals surface area (Å²) in [4.78, 5) is 22.2. The molecule has 0 spiro atoms. The minimum atomic E-state index is -1.02. The third-order valence-corrected chi connectivity index (χ3v) is 2.49. The van der Waals surface area contributed by atoms with E-state index in [2.05, 4.69) is 20.7 Å². The van der Waals surface area contributed by atoms with E-state index in [4.69, 9.17) is 5.11 Å². The van der Waals surface area contributed by atoms with Gasteiger partial charge in [0.15, 0.2) is 5.65 Å². The predicted molar refractivity (Wildman–Crippen MR) is 61.5 cm³/mol. The van der Waals surface area contributed by atoms with E-state index in [9.17, 15) is 4.79 Å². The highest BCUT2D eigenvalue weighted by Gasteiger charge is 2.14. The maximum Gasteiger partial charge on any atom is 0.339 e. The third-order valence-electron chi connectivity index (χ3n) is 2.49. The first kappa shape index (κ1) is 9.57. The zero-order valence-corrected chi connectivity index (χ0v) is 8.64. The van der Waals surface area contributed by atoms with E-state index in [1.54, 1.807) is 12.3 Å². The van der Waals surface area contributed by atoms with Crippen molar-refractivity contribution in [2.75, 3.05) is 0 Å². The number of rotatable bonds is 2. The van der Waals surface area contributed by atoms with Crippen molar-refractivity contribution >= 4 is 22.7 Å². The summed E-state index contributed by atoms with van der Waals surface area (Å²) in [5.41, 5.74) is 5.38. The van der Waals surface area contributed by atoms with Crippen molar-refractivity contribution in [1.82, 2.24) is 15.0 Å². The lowest BCUT2D eigenvalue weighted by molar-refractivity contribution is 0.0699. The number of carboxylic acids is 1. The average molecular weight is 225 g/mol. The zero-order valence-electron chi connectivity index (χ0n) is 8.64. The van der Waals surface area contributed by atoms with Crippen LogP contribution >= 0.6 is 0 Å². The summed E-state index contributed by atoms with van der Waals surface area (Å²) in [5.74, 6) is -1.02. The topological polar surface area (TPSA) is 78.9 Å². The van der Waals surface area contributed by atoms with Crippen LogP contribution in [-0.2, 0) is 0 Å². The molecule has 0 aromatic carbocycles. The highest BCUT2D eigenvalue weighted by molar-refractivity contribution is 6.00. The number of allylic oxidation sites excluding steroid dienone is 3. The second-order valence-corrected chi connectivity index (χ2v) is 3.54. The summed E-state index contributed by atoms with van der Waals surface area (Å²) >= 11 is 0. The van der Waals surface area contributed by atoms with Crippen LogP contribution in [0.15, 0.2) is 36.4 Å². The van der Waals surface area contributed by atoms with Crippen LogP contribution in [-0.4, -0.2) is 26.0 Å². The zero-order chi connectivity index (χ0) is 11.8. The standard InChI is InChI=1S/C12H7N3O2/c16-12(17)8-5-13-11-10(8)15-9(6-14-11)7-3-1-2-4-7/h1-3,5-6H,(H,13,14)(H,16,17). The highest BCUT2D eigenvalue weighted by Crippen LogP contribution is 2.19. The molecular weight excluding hydrogens is 218 g/mol. The molecule has 0 saturated carbocycles. The fourth-order valence-corrected chi connectivity index (χ4v) is 1.67. The van der Waals surface area contributed by atoms with Crippen LogP contribution in [0.1, 0.15) is 16.1 Å². The fraction of sp³-hybridized carbons (Fsp3) is 0. The Labute approximate surface area is 95.8 Å². The Kier molecular flexibility index (Phi) is 1.93. The molecule has 2 heterocycles. The van der Waals surface area contributed by atoms with Gasteiger partial charge in [-0.2, -0.15) is 0 Å². The van der Waals surface area contributed by atoms with E-state index >= 15 is 0 Å². The predicted octanol–water partition coefficient (Wildman–Crippen LogP) is 1.76. The van der Waals surface area contributed by atoms with Gasteiger partial charge in [0.1, 0.15) is 11.1 Å². The molecular formula is C12H7N3O2. The molecule has 0 amide bonds. The van der Waals surface area contributed by atoms with Crippen molar-refractivity contribution in [2.45, 2.75) is 0 Å². The smallest absolute Gasteiger partial charge is 0.339 e. The number of aromatic nitrogens is 3. The monoisotopic (exact) mass is 225 g/mol. The Morgan fingerprint density at radius 2 is 2.35 bits per heavy atom. The lowest BCUT2D eigenvalue weighted by atomic mass is 10.2. The largest absolute Gasteiger partial charge is 0.478 e. The van der Waals surface area contributed by atoms with Gasteiger partial charge in [-0.15, -0.1) is 5.73 Å². The van der Waals surface area contributed by atoms with E-state index in [0.717, 1.165) is 5.57 Å². The lowest BCUT2D eigenvalue weighted by Crippen LogP contribution is -1.97. The molecule has 1 aliphatic carbocycles. The summed E-state index contributed by atoms with van der Waals surface area (Å²) in [6.07, 6.45) is 8.46. The van der Waals surface area contributed by atoms with E-state index < -0.39 is 5.97 Å². The molecule has 0 saturated heterocycles. The van der Waals surface area contributed by atoms with Crippen molar-refractivity contribution in [3.8, 4) is 0 Å². The lowest BCUT2D eigenvalue weighted by Gasteiger charge is -1.97. The van der Waals surface area contributed by atoms with E-state index in [1.165, 1.54) is 6.20 Å². The number of carboxylic acid groups (broad SMARTS) is 1. The first-order valence-electron chi connectivity index (χ1n) is 4.97. The number of nitrogens with zero attached hydrogens (tertiary/aromatic N) is 2. The number of nitrogens with one attached hydrogen (secondary N) is 1. The molecule has 2 aromatic heterocycles. The van der Waals surface area contributed by atoms with Crippen molar-refractivity contribution in [3.63, 3.8) is 0 Å². The van der Waals surface area contributed by atoms with Gasteiger partial charge in [-0.25, -0.2) is 14.8 Å². The molecule has 17 heavy (non-hydrogen) atoms. The summed E-state index contributed by atoms with van der Waals surface area (Å²) in [5, 5.41) is 9.00. The summed E-state index contributed by atoms with van der Waals surface area (Å²) in [6, 6.07) is 0. The van der Waals surface area contributed by atoms with Crippen LogP contribution in [0, 0.1) is 0 Å². The van der Waals surface area contributed by atoms with Gasteiger partial charge in [0.2, 0.25) is 0 Å². The quantitative estimate of drug-likeness (QED) is 0.763. The maximum atomic E-state index is 11.0. The molecule has 2 aromatic rings. The second-order valence-electron chi connectivity index (χ2n) is 3.54. The van der Waals surface area contributed by atoms with E-state index in [1.807, 2.05) is 12.2 Å².